The average molecular weight is 281 g/mol. The van der Waals surface area contributed by atoms with Crippen molar-refractivity contribution in [3.63, 3.8) is 0 Å². The first-order chi connectivity index (χ1) is 9.10. The summed E-state index contributed by atoms with van der Waals surface area (Å²) in [6.07, 6.45) is 2.51. The highest BCUT2D eigenvalue weighted by Gasteiger charge is 2.15. The van der Waals surface area contributed by atoms with Crippen molar-refractivity contribution in [2.75, 3.05) is 12.4 Å². The summed E-state index contributed by atoms with van der Waals surface area (Å²) in [7, 11) is 0. The molecule has 0 saturated carbocycles. The first-order valence-corrected chi connectivity index (χ1v) is 6.91. The number of amides is 2. The summed E-state index contributed by atoms with van der Waals surface area (Å²) in [6, 6.07) is 5.85. The number of hydrogen-bond donors (Lipinski definition) is 2. The molecule has 19 heavy (non-hydrogen) atoms. The Balaban J connectivity index is 2.85. The van der Waals surface area contributed by atoms with E-state index in [9.17, 15) is 4.79 Å². The maximum Gasteiger partial charge on any atom is 0.315 e. The van der Waals surface area contributed by atoms with Crippen molar-refractivity contribution >= 4 is 17.6 Å². The fourth-order valence-electron chi connectivity index (χ4n) is 1.95. The molecule has 0 heterocycles. The summed E-state index contributed by atoms with van der Waals surface area (Å²) in [5.74, 6) is 0.406. The van der Waals surface area contributed by atoms with E-state index in [4.69, 9.17) is 11.6 Å². The molecule has 0 radical (unpaired) electrons. The number of aryl methyl sites for hydroxylation is 1. The highest BCUT2D eigenvalue weighted by molar-refractivity contribution is 6.18. The third-order valence-corrected chi connectivity index (χ3v) is 3.30. The smallest absolute Gasteiger partial charge is 0.315 e. The fourth-order valence-corrected chi connectivity index (χ4v) is 2.05. The van der Waals surface area contributed by atoms with E-state index in [2.05, 4.69) is 37.1 Å². The maximum absolute atomic E-state index is 11.7. The Hall–Kier alpha value is -1.48. The van der Waals surface area contributed by atoms with Crippen LogP contribution in [0.3, 0.4) is 0 Å². The number of urea groups is 1. The van der Waals surface area contributed by atoms with Crippen molar-refractivity contribution < 1.29 is 4.79 Å². The van der Waals surface area contributed by atoms with Gasteiger partial charge in [-0.2, -0.15) is 0 Å². The molecule has 0 aliphatic heterocycles. The lowest BCUT2D eigenvalue weighted by Gasteiger charge is -2.21. The van der Waals surface area contributed by atoms with Gasteiger partial charge in [-0.25, -0.2) is 4.79 Å². The Labute approximate surface area is 120 Å². The quantitative estimate of drug-likeness (QED) is 0.608. The minimum atomic E-state index is -0.201. The molecule has 1 rings (SSSR count). The topological polar surface area (TPSA) is 41.1 Å². The minimum Gasteiger partial charge on any atom is -0.337 e. The first-order valence-electron chi connectivity index (χ1n) is 6.37. The van der Waals surface area contributed by atoms with Crippen LogP contribution in [0, 0.1) is 13.8 Å². The average Bonchev–Trinajstić information content (AvgIpc) is 2.39. The van der Waals surface area contributed by atoms with Gasteiger partial charge in [-0.05, 0) is 37.0 Å². The summed E-state index contributed by atoms with van der Waals surface area (Å²) >= 11 is 5.55. The minimum absolute atomic E-state index is 0.0623. The van der Waals surface area contributed by atoms with E-state index < -0.39 is 0 Å². The van der Waals surface area contributed by atoms with E-state index >= 15 is 0 Å². The van der Waals surface area contributed by atoms with Crippen molar-refractivity contribution in [2.24, 2.45) is 0 Å². The number of alkyl halides is 1. The molecule has 0 bridgehead atoms. The highest BCUT2D eigenvalue weighted by Crippen LogP contribution is 2.23. The molecular weight excluding hydrogens is 260 g/mol. The molecule has 1 aromatic carbocycles. The zero-order valence-corrected chi connectivity index (χ0v) is 12.3. The Morgan fingerprint density at radius 3 is 2.84 bits per heavy atom. The van der Waals surface area contributed by atoms with Gasteiger partial charge in [0.05, 0.1) is 6.04 Å². The molecule has 4 heteroatoms. The molecule has 0 aromatic heterocycles. The Bertz CT molecular complexity index is 446. The standard InChI is InChI=1S/C15H21ClN2O/c1-4-6-14(18-15(19)17-10-9-16)13-8-5-7-11(2)12(13)3/h4-5,7-8,14H,1,6,9-10H2,2-3H3,(H2,17,18,19). The van der Waals surface area contributed by atoms with E-state index in [1.165, 1.54) is 11.1 Å². The van der Waals surface area contributed by atoms with Gasteiger partial charge < -0.3 is 10.6 Å². The first kappa shape index (κ1) is 15.6. The van der Waals surface area contributed by atoms with Crippen molar-refractivity contribution in [1.82, 2.24) is 10.6 Å². The molecular formula is C15H21ClN2O. The lowest BCUT2D eigenvalue weighted by atomic mass is 9.95. The van der Waals surface area contributed by atoms with Crippen LogP contribution in [0.25, 0.3) is 0 Å². The van der Waals surface area contributed by atoms with Gasteiger partial charge in [0, 0.05) is 12.4 Å². The number of nitrogens with one attached hydrogen (secondary N) is 2. The fraction of sp³-hybridized carbons (Fsp3) is 0.400. The van der Waals surface area contributed by atoms with Crippen LogP contribution >= 0.6 is 11.6 Å². The maximum atomic E-state index is 11.7. The van der Waals surface area contributed by atoms with E-state index in [-0.39, 0.29) is 12.1 Å². The van der Waals surface area contributed by atoms with Gasteiger partial charge in [0.25, 0.3) is 0 Å². The molecule has 2 N–H and O–H groups in total. The summed E-state index contributed by atoms with van der Waals surface area (Å²) in [6.45, 7) is 8.35. The van der Waals surface area contributed by atoms with Gasteiger partial charge in [0.15, 0.2) is 0 Å². The molecule has 1 unspecified atom stereocenters. The van der Waals surface area contributed by atoms with Crippen LogP contribution < -0.4 is 10.6 Å². The van der Waals surface area contributed by atoms with Crippen molar-refractivity contribution in [1.29, 1.82) is 0 Å². The number of hydrogen-bond acceptors (Lipinski definition) is 1. The zero-order chi connectivity index (χ0) is 14.3. The predicted octanol–water partition coefficient (Wildman–Crippen LogP) is 3.46. The molecule has 1 atom stereocenters. The van der Waals surface area contributed by atoms with Crippen LogP contribution in [0.5, 0.6) is 0 Å². The van der Waals surface area contributed by atoms with Crippen LogP contribution in [0.15, 0.2) is 30.9 Å². The van der Waals surface area contributed by atoms with Crippen molar-refractivity contribution in [3.05, 3.63) is 47.5 Å². The summed E-state index contributed by atoms with van der Waals surface area (Å²) < 4.78 is 0. The molecule has 2 amide bonds. The Morgan fingerprint density at radius 1 is 1.47 bits per heavy atom. The number of benzene rings is 1. The van der Waals surface area contributed by atoms with Crippen molar-refractivity contribution in [2.45, 2.75) is 26.3 Å². The SMILES string of the molecule is C=CCC(NC(=O)NCCCl)c1cccc(C)c1C. The van der Waals surface area contributed by atoms with E-state index in [0.29, 0.717) is 18.8 Å². The zero-order valence-electron chi connectivity index (χ0n) is 11.5. The normalized spacial score (nSPS) is 11.7. The van der Waals surface area contributed by atoms with Crippen LogP contribution in [0.1, 0.15) is 29.2 Å². The van der Waals surface area contributed by atoms with Crippen LogP contribution in [0.2, 0.25) is 0 Å². The number of rotatable bonds is 6. The lowest BCUT2D eigenvalue weighted by molar-refractivity contribution is 0.237. The van der Waals surface area contributed by atoms with Crippen LogP contribution in [-0.2, 0) is 0 Å². The second-order valence-corrected chi connectivity index (χ2v) is 4.83. The van der Waals surface area contributed by atoms with Gasteiger partial charge >= 0.3 is 6.03 Å². The monoisotopic (exact) mass is 280 g/mol. The van der Waals surface area contributed by atoms with Crippen LogP contribution in [-0.4, -0.2) is 18.5 Å². The Morgan fingerprint density at radius 2 is 2.21 bits per heavy atom. The van der Waals surface area contributed by atoms with Crippen molar-refractivity contribution in [3.8, 4) is 0 Å². The second-order valence-electron chi connectivity index (χ2n) is 4.46. The summed E-state index contributed by atoms with van der Waals surface area (Å²) in [5.41, 5.74) is 3.54. The van der Waals surface area contributed by atoms with Gasteiger partial charge in [-0.15, -0.1) is 18.2 Å². The van der Waals surface area contributed by atoms with E-state index in [1.54, 1.807) is 0 Å². The molecule has 0 aliphatic carbocycles. The van der Waals surface area contributed by atoms with E-state index in [0.717, 1.165) is 5.56 Å². The van der Waals surface area contributed by atoms with E-state index in [1.807, 2.05) is 18.2 Å². The number of halogens is 1. The second kappa shape index (κ2) is 7.85. The third kappa shape index (κ3) is 4.60. The third-order valence-electron chi connectivity index (χ3n) is 3.11. The number of carbonyl (C=O) groups excluding carboxylic acids is 1. The lowest BCUT2D eigenvalue weighted by Crippen LogP contribution is -2.38. The summed E-state index contributed by atoms with van der Waals surface area (Å²) in [4.78, 5) is 11.7. The molecule has 3 nitrogen and oxygen atoms in total. The largest absolute Gasteiger partial charge is 0.337 e. The van der Waals surface area contributed by atoms with Gasteiger partial charge in [0.2, 0.25) is 0 Å². The molecule has 0 fully saturated rings. The molecule has 0 aliphatic rings. The highest BCUT2D eigenvalue weighted by atomic mass is 35.5. The van der Waals surface area contributed by atoms with Gasteiger partial charge in [-0.3, -0.25) is 0 Å². The summed E-state index contributed by atoms with van der Waals surface area (Å²) in [5, 5.41) is 5.67. The molecule has 0 saturated heterocycles. The number of carbonyl (C=O) groups is 1. The van der Waals surface area contributed by atoms with Gasteiger partial charge in [0.1, 0.15) is 0 Å². The Kier molecular flexibility index (Phi) is 6.43. The molecule has 0 spiro atoms. The van der Waals surface area contributed by atoms with Crippen LogP contribution in [0.4, 0.5) is 4.79 Å². The predicted molar refractivity (Wildman–Crippen MR) is 80.7 cm³/mol. The van der Waals surface area contributed by atoms with Gasteiger partial charge in [-0.1, -0.05) is 24.3 Å². The molecule has 104 valence electrons. The molecule has 1 aromatic rings.